The van der Waals surface area contributed by atoms with Crippen molar-refractivity contribution in [2.75, 3.05) is 6.54 Å². The van der Waals surface area contributed by atoms with Crippen LogP contribution in [0.2, 0.25) is 0 Å². The number of aromatic nitrogens is 1. The lowest BCUT2D eigenvalue weighted by molar-refractivity contribution is 0.372. The molecule has 1 rings (SSSR count). The van der Waals surface area contributed by atoms with Crippen molar-refractivity contribution in [3.8, 4) is 0 Å². The molecule has 0 saturated carbocycles. The van der Waals surface area contributed by atoms with Gasteiger partial charge in [0.25, 0.3) is 0 Å². The highest BCUT2D eigenvalue weighted by Crippen LogP contribution is 2.00. The Labute approximate surface area is 76.4 Å². The molecule has 0 amide bonds. The van der Waals surface area contributed by atoms with E-state index in [0.717, 1.165) is 18.0 Å². The van der Waals surface area contributed by atoms with Crippen molar-refractivity contribution in [2.45, 2.75) is 13.5 Å². The number of aryl methyl sites for hydroxylation is 1. The van der Waals surface area contributed by atoms with Crippen LogP contribution in [-0.2, 0) is 6.54 Å². The summed E-state index contributed by atoms with van der Waals surface area (Å²) < 4.78 is 4.97. The summed E-state index contributed by atoms with van der Waals surface area (Å²) in [5.74, 6) is 0.843. The average Bonchev–Trinajstić information content (AvgIpc) is 2.45. The van der Waals surface area contributed by atoms with Crippen molar-refractivity contribution < 1.29 is 4.52 Å². The molecule has 1 aromatic heterocycles. The zero-order valence-electron chi connectivity index (χ0n) is 6.88. The third-order valence-electron chi connectivity index (χ3n) is 1.33. The Balaban J connectivity index is 2.24. The van der Waals surface area contributed by atoms with Crippen LogP contribution >= 0.6 is 11.6 Å². The van der Waals surface area contributed by atoms with E-state index in [4.69, 9.17) is 16.1 Å². The molecule has 1 aromatic rings. The summed E-state index contributed by atoms with van der Waals surface area (Å²) in [4.78, 5) is 0. The summed E-state index contributed by atoms with van der Waals surface area (Å²) in [6, 6.07) is 1.90. The van der Waals surface area contributed by atoms with Crippen LogP contribution in [0.4, 0.5) is 0 Å². The van der Waals surface area contributed by atoms with Crippen molar-refractivity contribution >= 4 is 11.6 Å². The summed E-state index contributed by atoms with van der Waals surface area (Å²) in [7, 11) is 0. The second-order valence-corrected chi connectivity index (χ2v) is 2.68. The molecule has 3 nitrogen and oxygen atoms in total. The molecular formula is C8H11ClN2O. The smallest absolute Gasteiger partial charge is 0.150 e. The summed E-state index contributed by atoms with van der Waals surface area (Å²) in [5.41, 5.74) is 2.39. The molecule has 0 aliphatic heterocycles. The zero-order chi connectivity index (χ0) is 8.81. The van der Waals surface area contributed by atoms with Gasteiger partial charge in [-0.3, -0.25) is 0 Å². The highest BCUT2D eigenvalue weighted by Gasteiger charge is 1.97. The fraction of sp³-hybridized carbons (Fsp3) is 0.375. The number of halogens is 1. The molecular weight excluding hydrogens is 176 g/mol. The number of hydrogen-bond donors (Lipinski definition) is 1. The van der Waals surface area contributed by atoms with E-state index in [1.807, 2.05) is 19.1 Å². The Morgan fingerprint density at radius 3 is 3.17 bits per heavy atom. The summed E-state index contributed by atoms with van der Waals surface area (Å²) in [6.45, 7) is 3.32. The predicted molar refractivity (Wildman–Crippen MR) is 47.9 cm³/mol. The zero-order valence-corrected chi connectivity index (χ0v) is 7.64. The van der Waals surface area contributed by atoms with Gasteiger partial charge in [0.05, 0.1) is 12.2 Å². The fourth-order valence-electron chi connectivity index (χ4n) is 0.823. The summed E-state index contributed by atoms with van der Waals surface area (Å²) in [6.07, 6.45) is 1.82. The fourth-order valence-corrected chi connectivity index (χ4v) is 0.912. The van der Waals surface area contributed by atoms with Crippen molar-refractivity contribution in [3.05, 3.63) is 29.1 Å². The van der Waals surface area contributed by atoms with Crippen LogP contribution < -0.4 is 5.32 Å². The van der Waals surface area contributed by atoms with Gasteiger partial charge >= 0.3 is 0 Å². The molecule has 0 aliphatic carbocycles. The van der Waals surface area contributed by atoms with Crippen LogP contribution in [0.25, 0.3) is 0 Å². The lowest BCUT2D eigenvalue weighted by atomic mass is 10.4. The third-order valence-corrected chi connectivity index (χ3v) is 1.51. The number of rotatable bonds is 4. The van der Waals surface area contributed by atoms with Gasteiger partial charge < -0.3 is 9.84 Å². The molecule has 66 valence electrons. The molecule has 12 heavy (non-hydrogen) atoms. The van der Waals surface area contributed by atoms with Crippen LogP contribution in [0.1, 0.15) is 11.5 Å². The maximum atomic E-state index is 5.33. The minimum atomic E-state index is 0.683. The first-order chi connectivity index (χ1) is 5.83. The first-order valence-corrected chi connectivity index (χ1v) is 4.14. The highest BCUT2D eigenvalue weighted by molar-refractivity contribution is 6.25. The van der Waals surface area contributed by atoms with Gasteiger partial charge in [-0.25, -0.2) is 0 Å². The van der Waals surface area contributed by atoms with Gasteiger partial charge in [0.2, 0.25) is 0 Å². The minimum Gasteiger partial charge on any atom is -0.360 e. The minimum absolute atomic E-state index is 0.683. The van der Waals surface area contributed by atoms with Gasteiger partial charge in [-0.2, -0.15) is 0 Å². The van der Waals surface area contributed by atoms with Crippen molar-refractivity contribution in [1.82, 2.24) is 10.5 Å². The first-order valence-electron chi connectivity index (χ1n) is 3.71. The Morgan fingerprint density at radius 2 is 2.58 bits per heavy atom. The maximum absolute atomic E-state index is 5.33. The Hall–Kier alpha value is -0.800. The third kappa shape index (κ3) is 3.07. The van der Waals surface area contributed by atoms with Crippen molar-refractivity contribution in [2.24, 2.45) is 0 Å². The highest BCUT2D eigenvalue weighted by atomic mass is 35.5. The molecule has 0 aromatic carbocycles. The SMILES string of the molecule is Cc1cc(CNC/C=C/Cl)on1. The molecule has 1 N–H and O–H groups in total. The van der Waals surface area contributed by atoms with Crippen molar-refractivity contribution in [3.63, 3.8) is 0 Å². The van der Waals surface area contributed by atoms with Crippen LogP contribution in [0, 0.1) is 6.92 Å². The van der Waals surface area contributed by atoms with Gasteiger partial charge in [-0.1, -0.05) is 22.8 Å². The van der Waals surface area contributed by atoms with Crippen LogP contribution in [-0.4, -0.2) is 11.7 Å². The summed E-state index contributed by atoms with van der Waals surface area (Å²) >= 11 is 5.33. The van der Waals surface area contributed by atoms with Gasteiger partial charge in [-0.15, -0.1) is 0 Å². The van der Waals surface area contributed by atoms with Gasteiger partial charge in [0.15, 0.2) is 5.76 Å². The van der Waals surface area contributed by atoms with E-state index < -0.39 is 0 Å². The van der Waals surface area contributed by atoms with E-state index in [1.165, 1.54) is 5.54 Å². The van der Waals surface area contributed by atoms with Crippen molar-refractivity contribution in [1.29, 1.82) is 0 Å². The monoisotopic (exact) mass is 186 g/mol. The van der Waals surface area contributed by atoms with E-state index in [1.54, 1.807) is 0 Å². The molecule has 1 heterocycles. The van der Waals surface area contributed by atoms with Crippen LogP contribution in [0.3, 0.4) is 0 Å². The van der Waals surface area contributed by atoms with E-state index in [-0.39, 0.29) is 0 Å². The maximum Gasteiger partial charge on any atom is 0.150 e. The number of hydrogen-bond acceptors (Lipinski definition) is 3. The molecule has 0 aliphatic rings. The molecule has 0 fully saturated rings. The van der Waals surface area contributed by atoms with Crippen LogP contribution in [0.15, 0.2) is 22.2 Å². The van der Waals surface area contributed by atoms with E-state index in [0.29, 0.717) is 6.54 Å². The Morgan fingerprint density at radius 1 is 1.75 bits per heavy atom. The second-order valence-electron chi connectivity index (χ2n) is 2.43. The molecule has 0 spiro atoms. The molecule has 0 atom stereocenters. The molecule has 4 heteroatoms. The average molecular weight is 187 g/mol. The lowest BCUT2D eigenvalue weighted by Crippen LogP contribution is -2.11. The standard InChI is InChI=1S/C8H11ClN2O/c1-7-5-8(12-11-7)6-10-4-2-3-9/h2-3,5,10H,4,6H2,1H3/b3-2+. The quantitative estimate of drug-likeness (QED) is 0.730. The lowest BCUT2D eigenvalue weighted by Gasteiger charge is -1.94. The molecule has 0 bridgehead atoms. The largest absolute Gasteiger partial charge is 0.360 e. The second kappa shape index (κ2) is 4.95. The van der Waals surface area contributed by atoms with E-state index >= 15 is 0 Å². The number of nitrogens with one attached hydrogen (secondary N) is 1. The molecule has 0 radical (unpaired) electrons. The first kappa shape index (κ1) is 9.29. The van der Waals surface area contributed by atoms with Gasteiger partial charge in [0, 0.05) is 18.1 Å². The number of nitrogens with zero attached hydrogens (tertiary/aromatic N) is 1. The normalized spacial score (nSPS) is 11.2. The molecule has 0 saturated heterocycles. The van der Waals surface area contributed by atoms with E-state index in [2.05, 4.69) is 10.5 Å². The predicted octanol–water partition coefficient (Wildman–Crippen LogP) is 1.83. The van der Waals surface area contributed by atoms with Crippen LogP contribution in [0.5, 0.6) is 0 Å². The Bertz CT molecular complexity index is 257. The molecule has 0 unspecified atom stereocenters. The van der Waals surface area contributed by atoms with E-state index in [9.17, 15) is 0 Å². The van der Waals surface area contributed by atoms with Gasteiger partial charge in [0.1, 0.15) is 0 Å². The summed E-state index contributed by atoms with van der Waals surface area (Å²) in [5, 5.41) is 6.87. The Kier molecular flexibility index (Phi) is 3.84. The van der Waals surface area contributed by atoms with Gasteiger partial charge in [-0.05, 0) is 6.92 Å². The topological polar surface area (TPSA) is 38.1 Å².